The maximum absolute atomic E-state index is 13.6. The summed E-state index contributed by atoms with van der Waals surface area (Å²) in [5, 5.41) is 5.91. The van der Waals surface area contributed by atoms with Crippen LogP contribution in [0, 0.1) is 5.82 Å². The van der Waals surface area contributed by atoms with Gasteiger partial charge < -0.3 is 20.3 Å². The number of carbonyl (C=O) groups is 1. The van der Waals surface area contributed by atoms with Gasteiger partial charge in [0.15, 0.2) is 17.5 Å². The number of benzene rings is 2. The monoisotopic (exact) mass is 386 g/mol. The van der Waals surface area contributed by atoms with Crippen molar-refractivity contribution in [2.24, 2.45) is 4.99 Å². The Labute approximate surface area is 165 Å². The predicted molar refractivity (Wildman–Crippen MR) is 109 cm³/mol. The van der Waals surface area contributed by atoms with Crippen molar-refractivity contribution in [1.29, 1.82) is 0 Å². The largest absolute Gasteiger partial charge is 0.489 e. The summed E-state index contributed by atoms with van der Waals surface area (Å²) in [4.78, 5) is 17.9. The first kappa shape index (κ1) is 21.2. The molecule has 0 aliphatic rings. The molecule has 0 bridgehead atoms. The molecule has 0 aliphatic heterocycles. The Kier molecular flexibility index (Phi) is 8.27. The number of aliphatic imine (C=N–C) groups is 1. The highest BCUT2D eigenvalue weighted by Gasteiger charge is 2.08. The van der Waals surface area contributed by atoms with Crippen molar-refractivity contribution in [3.05, 3.63) is 65.5 Å². The molecular weight excluding hydrogens is 359 g/mol. The van der Waals surface area contributed by atoms with Crippen LogP contribution in [0.3, 0.4) is 0 Å². The van der Waals surface area contributed by atoms with E-state index in [1.54, 1.807) is 38.4 Å². The Morgan fingerprint density at radius 1 is 1.21 bits per heavy atom. The van der Waals surface area contributed by atoms with Crippen LogP contribution in [0.2, 0.25) is 0 Å². The zero-order valence-corrected chi connectivity index (χ0v) is 16.5. The van der Waals surface area contributed by atoms with E-state index in [1.165, 1.54) is 6.07 Å². The van der Waals surface area contributed by atoms with Gasteiger partial charge in [0.05, 0.1) is 6.54 Å². The first-order chi connectivity index (χ1) is 13.5. The lowest BCUT2D eigenvalue weighted by Gasteiger charge is -2.22. The molecule has 6 nitrogen and oxygen atoms in total. The average Bonchev–Trinajstić information content (AvgIpc) is 2.72. The highest BCUT2D eigenvalue weighted by Crippen LogP contribution is 2.15. The molecule has 2 aromatic rings. The summed E-state index contributed by atoms with van der Waals surface area (Å²) in [5.41, 5.74) is 1.71. The van der Waals surface area contributed by atoms with Crippen LogP contribution in [0.4, 0.5) is 4.39 Å². The number of likely N-dealkylation sites (N-methyl/N-ethyl adjacent to an activating group) is 1. The third kappa shape index (κ3) is 6.26. The zero-order chi connectivity index (χ0) is 20.4. The van der Waals surface area contributed by atoms with Gasteiger partial charge in [-0.3, -0.25) is 9.79 Å². The maximum Gasteiger partial charge on any atom is 0.251 e. The van der Waals surface area contributed by atoms with Gasteiger partial charge in [-0.15, -0.1) is 0 Å². The maximum atomic E-state index is 13.6. The van der Waals surface area contributed by atoms with Crippen LogP contribution >= 0.6 is 0 Å². The second kappa shape index (κ2) is 10.9. The molecule has 0 spiro atoms. The Hall–Kier alpha value is -3.09. The van der Waals surface area contributed by atoms with Gasteiger partial charge in [0.25, 0.3) is 5.91 Å². The average molecular weight is 386 g/mol. The molecule has 0 fully saturated rings. The topological polar surface area (TPSA) is 66.0 Å². The zero-order valence-electron chi connectivity index (χ0n) is 16.5. The van der Waals surface area contributed by atoms with Crippen molar-refractivity contribution >= 4 is 11.9 Å². The summed E-state index contributed by atoms with van der Waals surface area (Å²) in [6, 6.07) is 13.9. The number of hydrogen-bond acceptors (Lipinski definition) is 3. The van der Waals surface area contributed by atoms with E-state index >= 15 is 0 Å². The molecule has 0 atom stereocenters. The van der Waals surface area contributed by atoms with E-state index in [2.05, 4.69) is 15.6 Å². The summed E-state index contributed by atoms with van der Waals surface area (Å²) < 4.78 is 19.1. The van der Waals surface area contributed by atoms with E-state index in [0.717, 1.165) is 17.9 Å². The normalized spacial score (nSPS) is 11.1. The molecule has 7 heteroatoms. The van der Waals surface area contributed by atoms with E-state index in [9.17, 15) is 9.18 Å². The molecular formula is C21H27FN4O2. The fourth-order valence-corrected chi connectivity index (χ4v) is 2.68. The van der Waals surface area contributed by atoms with Gasteiger partial charge in [0, 0.05) is 33.3 Å². The number of guanidine groups is 1. The molecule has 0 aliphatic carbocycles. The van der Waals surface area contributed by atoms with E-state index in [4.69, 9.17) is 4.74 Å². The Balaban J connectivity index is 1.79. The number of nitrogens with zero attached hydrogens (tertiary/aromatic N) is 2. The summed E-state index contributed by atoms with van der Waals surface area (Å²) in [6.07, 6.45) is 0.753. The standard InChI is InChI=1S/C21H27FN4O2/c1-23-20(27)17-8-6-7-16(15-17)11-12-25-21(24-2)26(3)13-14-28-19-10-5-4-9-18(19)22/h4-10,15H,11-14H2,1-3H3,(H,23,27)(H,24,25). The minimum absolute atomic E-state index is 0.0970. The van der Waals surface area contributed by atoms with Gasteiger partial charge in [-0.25, -0.2) is 4.39 Å². The molecule has 0 heterocycles. The SMILES string of the molecule is CN=C(NCCc1cccc(C(=O)NC)c1)N(C)CCOc1ccccc1F. The van der Waals surface area contributed by atoms with Crippen LogP contribution in [0.1, 0.15) is 15.9 Å². The third-order valence-electron chi connectivity index (χ3n) is 4.21. The van der Waals surface area contributed by atoms with Crippen molar-refractivity contribution in [2.75, 3.05) is 40.8 Å². The molecule has 0 aromatic heterocycles. The Morgan fingerprint density at radius 3 is 2.71 bits per heavy atom. The van der Waals surface area contributed by atoms with Crippen molar-refractivity contribution in [2.45, 2.75) is 6.42 Å². The fraction of sp³-hybridized carbons (Fsp3) is 0.333. The van der Waals surface area contributed by atoms with Gasteiger partial charge in [-0.05, 0) is 36.2 Å². The minimum Gasteiger partial charge on any atom is -0.489 e. The number of halogens is 1. The number of rotatable bonds is 8. The van der Waals surface area contributed by atoms with Crippen LogP contribution in [0.25, 0.3) is 0 Å². The summed E-state index contributed by atoms with van der Waals surface area (Å²) in [7, 11) is 5.22. The highest BCUT2D eigenvalue weighted by atomic mass is 19.1. The molecule has 0 saturated heterocycles. The lowest BCUT2D eigenvalue weighted by Crippen LogP contribution is -2.41. The first-order valence-corrected chi connectivity index (χ1v) is 9.15. The van der Waals surface area contributed by atoms with Crippen molar-refractivity contribution in [3.63, 3.8) is 0 Å². The smallest absolute Gasteiger partial charge is 0.251 e. The quantitative estimate of drug-likeness (QED) is 0.540. The fourth-order valence-electron chi connectivity index (χ4n) is 2.68. The molecule has 150 valence electrons. The van der Waals surface area contributed by atoms with Crippen LogP contribution in [-0.2, 0) is 6.42 Å². The second-order valence-corrected chi connectivity index (χ2v) is 6.20. The van der Waals surface area contributed by atoms with E-state index in [-0.39, 0.29) is 17.5 Å². The van der Waals surface area contributed by atoms with Gasteiger partial charge >= 0.3 is 0 Å². The lowest BCUT2D eigenvalue weighted by molar-refractivity contribution is 0.0963. The van der Waals surface area contributed by atoms with E-state index in [1.807, 2.05) is 30.1 Å². The number of nitrogens with one attached hydrogen (secondary N) is 2. The molecule has 28 heavy (non-hydrogen) atoms. The van der Waals surface area contributed by atoms with Crippen LogP contribution < -0.4 is 15.4 Å². The molecule has 0 radical (unpaired) electrons. The van der Waals surface area contributed by atoms with Gasteiger partial charge in [-0.1, -0.05) is 24.3 Å². The van der Waals surface area contributed by atoms with Gasteiger partial charge in [-0.2, -0.15) is 0 Å². The number of para-hydroxylation sites is 1. The third-order valence-corrected chi connectivity index (χ3v) is 4.21. The Bertz CT molecular complexity index is 810. The molecule has 0 saturated carbocycles. The minimum atomic E-state index is -0.369. The van der Waals surface area contributed by atoms with Crippen LogP contribution in [-0.4, -0.2) is 57.6 Å². The molecule has 1 amide bonds. The van der Waals surface area contributed by atoms with Gasteiger partial charge in [0.1, 0.15) is 6.61 Å². The highest BCUT2D eigenvalue weighted by molar-refractivity contribution is 5.94. The summed E-state index contributed by atoms with van der Waals surface area (Å²) >= 11 is 0. The summed E-state index contributed by atoms with van der Waals surface area (Å²) in [6.45, 7) is 1.56. The van der Waals surface area contributed by atoms with E-state index in [0.29, 0.717) is 25.3 Å². The molecule has 2 aromatic carbocycles. The first-order valence-electron chi connectivity index (χ1n) is 9.15. The van der Waals surface area contributed by atoms with Crippen LogP contribution in [0.5, 0.6) is 5.75 Å². The predicted octanol–water partition coefficient (Wildman–Crippen LogP) is 2.31. The summed E-state index contributed by atoms with van der Waals surface area (Å²) in [5.74, 6) is 0.501. The van der Waals surface area contributed by atoms with E-state index < -0.39 is 0 Å². The van der Waals surface area contributed by atoms with Crippen molar-refractivity contribution in [3.8, 4) is 5.75 Å². The molecule has 0 unspecified atom stereocenters. The van der Waals surface area contributed by atoms with Crippen molar-refractivity contribution < 1.29 is 13.9 Å². The van der Waals surface area contributed by atoms with Gasteiger partial charge in [0.2, 0.25) is 0 Å². The van der Waals surface area contributed by atoms with Crippen LogP contribution in [0.15, 0.2) is 53.5 Å². The van der Waals surface area contributed by atoms with Crippen molar-refractivity contribution in [1.82, 2.24) is 15.5 Å². The number of amides is 1. The number of ether oxygens (including phenoxy) is 1. The molecule has 2 N–H and O–H groups in total. The lowest BCUT2D eigenvalue weighted by atomic mass is 10.1. The number of carbonyl (C=O) groups excluding carboxylic acids is 1. The molecule has 2 rings (SSSR count). The Morgan fingerprint density at radius 2 is 2.00 bits per heavy atom. The second-order valence-electron chi connectivity index (χ2n) is 6.20. The number of hydrogen-bond donors (Lipinski definition) is 2.